The Morgan fingerprint density at radius 3 is 2.52 bits per heavy atom. The maximum atomic E-state index is 12.9. The molecule has 0 fully saturated rings. The van der Waals surface area contributed by atoms with Crippen LogP contribution in [0.2, 0.25) is 5.02 Å². The third kappa shape index (κ3) is 4.71. The van der Waals surface area contributed by atoms with Crippen molar-refractivity contribution >= 4 is 34.2 Å². The molecule has 0 radical (unpaired) electrons. The molecule has 5 nitrogen and oxygen atoms in total. The summed E-state index contributed by atoms with van der Waals surface area (Å²) in [6.07, 6.45) is -2.14. The Balaban J connectivity index is 1.56. The van der Waals surface area contributed by atoms with Crippen LogP contribution in [-0.2, 0) is 23.8 Å². The normalized spacial score (nSPS) is 14.4. The van der Waals surface area contributed by atoms with Crippen LogP contribution in [0, 0.1) is 5.92 Å². The molecule has 0 saturated heterocycles. The number of carbonyl (C=O) groups excluding carboxylic acids is 1. The Morgan fingerprint density at radius 1 is 1.12 bits per heavy atom. The van der Waals surface area contributed by atoms with E-state index < -0.39 is 23.8 Å². The third-order valence-electron chi connectivity index (χ3n) is 5.69. The Labute approximate surface area is 192 Å². The summed E-state index contributed by atoms with van der Waals surface area (Å²) in [5.74, 6) is -0.721. The summed E-state index contributed by atoms with van der Waals surface area (Å²) in [6.45, 7) is 3.53. The molecule has 4 rings (SSSR count). The van der Waals surface area contributed by atoms with E-state index in [1.807, 2.05) is 0 Å². The number of hydrogen-bond donors (Lipinski definition) is 1. The highest BCUT2D eigenvalue weighted by molar-refractivity contribution is 6.33. The van der Waals surface area contributed by atoms with Gasteiger partial charge in [-0.3, -0.25) is 0 Å². The summed E-state index contributed by atoms with van der Waals surface area (Å²) in [4.78, 5) is 25.1. The average Bonchev–Trinajstić information content (AvgIpc) is 3.22. The SMILES string of the molecule is CC(C)[C@H](Nc1ccc(C(F)(F)F)cc1Cl)C(=O)Oc1ccc2c3c(c(=O)oc2c1)CCC3. The lowest BCUT2D eigenvalue weighted by Gasteiger charge is -2.23. The number of carbonyl (C=O) groups is 1. The standard InChI is InChI=1S/C24H21ClF3NO4/c1-12(2)21(29-19-9-6-13(10-18(19)25)24(26,27)28)23(31)32-14-7-8-16-15-4-3-5-17(15)22(30)33-20(16)11-14/h6-12,21,29H,3-5H2,1-2H3/t21-/m0/s1. The largest absolute Gasteiger partial charge is 0.425 e. The molecule has 0 saturated carbocycles. The van der Waals surface area contributed by atoms with E-state index in [9.17, 15) is 22.8 Å². The van der Waals surface area contributed by atoms with Crippen LogP contribution < -0.4 is 15.7 Å². The molecule has 0 aliphatic heterocycles. The molecule has 174 valence electrons. The number of fused-ring (bicyclic) bond motifs is 3. The molecule has 1 atom stereocenters. The van der Waals surface area contributed by atoms with Gasteiger partial charge in [0.15, 0.2) is 0 Å². The summed E-state index contributed by atoms with van der Waals surface area (Å²) in [6, 6.07) is 6.87. The number of aryl methyl sites for hydroxylation is 1. The van der Waals surface area contributed by atoms with Crippen molar-refractivity contribution in [2.24, 2.45) is 5.92 Å². The predicted octanol–water partition coefficient (Wildman–Crippen LogP) is 6.00. The zero-order chi connectivity index (χ0) is 23.9. The average molecular weight is 480 g/mol. The monoisotopic (exact) mass is 479 g/mol. The fourth-order valence-electron chi connectivity index (χ4n) is 3.98. The fraction of sp³-hybridized carbons (Fsp3) is 0.333. The first kappa shape index (κ1) is 23.2. The van der Waals surface area contributed by atoms with E-state index in [4.69, 9.17) is 20.8 Å². The van der Waals surface area contributed by atoms with Gasteiger partial charge in [0.1, 0.15) is 17.4 Å². The van der Waals surface area contributed by atoms with Crippen molar-refractivity contribution in [3.8, 4) is 5.75 Å². The fourth-order valence-corrected chi connectivity index (χ4v) is 4.22. The van der Waals surface area contributed by atoms with Crippen molar-refractivity contribution in [3.63, 3.8) is 0 Å². The highest BCUT2D eigenvalue weighted by atomic mass is 35.5. The second-order valence-corrected chi connectivity index (χ2v) is 8.74. The van der Waals surface area contributed by atoms with Gasteiger partial charge in [-0.15, -0.1) is 0 Å². The summed E-state index contributed by atoms with van der Waals surface area (Å²) in [5.41, 5.74) is 0.928. The quantitative estimate of drug-likeness (QED) is 0.276. The zero-order valence-electron chi connectivity index (χ0n) is 17.9. The summed E-state index contributed by atoms with van der Waals surface area (Å²) in [5, 5.41) is 3.53. The summed E-state index contributed by atoms with van der Waals surface area (Å²) in [7, 11) is 0. The van der Waals surface area contributed by atoms with Crippen molar-refractivity contribution in [2.75, 3.05) is 5.32 Å². The van der Waals surface area contributed by atoms with Crippen molar-refractivity contribution in [1.82, 2.24) is 0 Å². The molecule has 0 spiro atoms. The zero-order valence-corrected chi connectivity index (χ0v) is 18.6. The number of rotatable bonds is 5. The topological polar surface area (TPSA) is 68.5 Å². The number of nitrogens with one attached hydrogen (secondary N) is 1. The van der Waals surface area contributed by atoms with Crippen LogP contribution in [0.1, 0.15) is 37.0 Å². The lowest BCUT2D eigenvalue weighted by molar-refractivity contribution is -0.138. The number of esters is 1. The summed E-state index contributed by atoms with van der Waals surface area (Å²) < 4.78 is 49.6. The smallest absolute Gasteiger partial charge is 0.416 e. The van der Waals surface area contributed by atoms with Crippen molar-refractivity contribution in [1.29, 1.82) is 0 Å². The van der Waals surface area contributed by atoms with E-state index in [-0.39, 0.29) is 28.0 Å². The van der Waals surface area contributed by atoms with E-state index in [0.29, 0.717) is 17.6 Å². The van der Waals surface area contributed by atoms with Gasteiger partial charge in [-0.2, -0.15) is 13.2 Å². The lowest BCUT2D eigenvalue weighted by atomic mass is 10.0. The third-order valence-corrected chi connectivity index (χ3v) is 6.00. The Bertz CT molecular complexity index is 1280. The maximum Gasteiger partial charge on any atom is 0.416 e. The van der Waals surface area contributed by atoms with Crippen LogP contribution in [0.4, 0.5) is 18.9 Å². The predicted molar refractivity (Wildman–Crippen MR) is 119 cm³/mol. The van der Waals surface area contributed by atoms with Gasteiger partial charge in [0.05, 0.1) is 16.3 Å². The molecule has 2 aromatic carbocycles. The van der Waals surface area contributed by atoms with Crippen LogP contribution in [-0.4, -0.2) is 12.0 Å². The second-order valence-electron chi connectivity index (χ2n) is 8.34. The first-order chi connectivity index (χ1) is 15.5. The minimum Gasteiger partial charge on any atom is -0.425 e. The molecule has 9 heteroatoms. The molecule has 3 aromatic rings. The molecule has 1 heterocycles. The molecule has 0 bridgehead atoms. The molecule has 1 aromatic heterocycles. The van der Waals surface area contributed by atoms with Crippen molar-refractivity contribution < 1.29 is 27.1 Å². The molecular weight excluding hydrogens is 459 g/mol. The molecule has 1 aliphatic rings. The van der Waals surface area contributed by atoms with Crippen LogP contribution in [0.25, 0.3) is 11.0 Å². The van der Waals surface area contributed by atoms with E-state index in [1.54, 1.807) is 26.0 Å². The van der Waals surface area contributed by atoms with E-state index >= 15 is 0 Å². The second kappa shape index (κ2) is 8.74. The molecule has 33 heavy (non-hydrogen) atoms. The van der Waals surface area contributed by atoms with E-state index in [2.05, 4.69) is 5.32 Å². The maximum absolute atomic E-state index is 12.9. The summed E-state index contributed by atoms with van der Waals surface area (Å²) >= 11 is 6.02. The Kier molecular flexibility index (Phi) is 6.14. The van der Waals surface area contributed by atoms with E-state index in [0.717, 1.165) is 35.9 Å². The van der Waals surface area contributed by atoms with E-state index in [1.165, 1.54) is 12.1 Å². The highest BCUT2D eigenvalue weighted by Gasteiger charge is 2.32. The Morgan fingerprint density at radius 2 is 1.85 bits per heavy atom. The van der Waals surface area contributed by atoms with Gasteiger partial charge < -0.3 is 14.5 Å². The molecule has 0 amide bonds. The van der Waals surface area contributed by atoms with Gasteiger partial charge in [0.25, 0.3) is 0 Å². The number of benzene rings is 2. The number of halogens is 4. The minimum atomic E-state index is -4.52. The van der Waals surface area contributed by atoms with Crippen LogP contribution in [0.15, 0.2) is 45.6 Å². The first-order valence-corrected chi connectivity index (χ1v) is 10.9. The van der Waals surface area contributed by atoms with Gasteiger partial charge in [0, 0.05) is 17.0 Å². The number of hydrogen-bond acceptors (Lipinski definition) is 5. The van der Waals surface area contributed by atoms with Gasteiger partial charge in [-0.05, 0) is 61.1 Å². The Hall–Kier alpha value is -3.00. The van der Waals surface area contributed by atoms with Gasteiger partial charge in [-0.1, -0.05) is 25.4 Å². The van der Waals surface area contributed by atoms with Gasteiger partial charge in [0.2, 0.25) is 0 Å². The number of anilines is 1. The number of ether oxygens (including phenoxy) is 1. The molecule has 1 aliphatic carbocycles. The van der Waals surface area contributed by atoms with Gasteiger partial charge >= 0.3 is 17.8 Å². The molecule has 1 N–H and O–H groups in total. The van der Waals surface area contributed by atoms with Crippen LogP contribution in [0.3, 0.4) is 0 Å². The molecular formula is C24H21ClF3NO4. The van der Waals surface area contributed by atoms with Gasteiger partial charge in [-0.25, -0.2) is 9.59 Å². The molecule has 0 unspecified atom stereocenters. The van der Waals surface area contributed by atoms with Crippen LogP contribution >= 0.6 is 11.6 Å². The van der Waals surface area contributed by atoms with Crippen LogP contribution in [0.5, 0.6) is 5.75 Å². The lowest BCUT2D eigenvalue weighted by Crippen LogP contribution is -2.37. The minimum absolute atomic E-state index is 0.162. The number of alkyl halides is 3. The van der Waals surface area contributed by atoms with Crippen molar-refractivity contribution in [2.45, 2.75) is 45.3 Å². The highest BCUT2D eigenvalue weighted by Crippen LogP contribution is 2.34. The first-order valence-electron chi connectivity index (χ1n) is 10.5. The van der Waals surface area contributed by atoms with Crippen molar-refractivity contribution in [3.05, 3.63) is 68.5 Å².